The molecule has 0 atom stereocenters. The van der Waals surface area contributed by atoms with Crippen molar-refractivity contribution in [1.82, 2.24) is 0 Å². The van der Waals surface area contributed by atoms with Crippen LogP contribution in [-0.4, -0.2) is 6.94 Å². The summed E-state index contributed by atoms with van der Waals surface area (Å²) in [6.07, 6.45) is 7.50. The van der Waals surface area contributed by atoms with E-state index in [1.54, 1.807) is 22.3 Å². The zero-order valence-corrected chi connectivity index (χ0v) is 23.4. The Morgan fingerprint density at radius 3 is 1.29 bits per heavy atom. The van der Waals surface area contributed by atoms with Gasteiger partial charge in [0, 0.05) is 0 Å². The third-order valence-corrected chi connectivity index (χ3v) is 30.9. The van der Waals surface area contributed by atoms with E-state index in [1.165, 1.54) is 12.8 Å². The van der Waals surface area contributed by atoms with E-state index >= 15 is 0 Å². The van der Waals surface area contributed by atoms with Gasteiger partial charge in [-0.15, -0.1) is 24.8 Å². The molecule has 0 amide bonds. The zero-order valence-electron chi connectivity index (χ0n) is 16.7. The first kappa shape index (κ1) is 24.6. The Bertz CT molecular complexity index is 643. The first-order valence-corrected chi connectivity index (χ1v) is 27.9. The van der Waals surface area contributed by atoms with Crippen LogP contribution in [0, 0.1) is 11.8 Å². The van der Waals surface area contributed by atoms with Gasteiger partial charge in [-0.1, -0.05) is 0 Å². The van der Waals surface area contributed by atoms with Crippen molar-refractivity contribution in [3.8, 4) is 0 Å². The fourth-order valence-electron chi connectivity index (χ4n) is 4.27. The molecule has 0 unspecified atom stereocenters. The molecule has 0 N–H and O–H groups in total. The Kier molecular flexibility index (Phi) is 8.32. The Labute approximate surface area is 164 Å². The average molecular weight is 554 g/mol. The summed E-state index contributed by atoms with van der Waals surface area (Å²) < 4.78 is 9.07. The molecule has 0 aromatic carbocycles. The standard InChI is InChI=1S/2C9H13.2CH3.2ClH.Hf.H2Si/c2*1-7(2)9-5-4-8(3)6-9;;;;;;/h2*6-7H,5H2,1-3H3;2*1H3;2*1H;;1H2. The largest absolute Gasteiger partial charge is 0.147 e. The van der Waals surface area contributed by atoms with E-state index in [0.717, 1.165) is 0 Å². The summed E-state index contributed by atoms with van der Waals surface area (Å²) in [7, 11) is 0. The molecule has 0 bridgehead atoms. The molecule has 4 heteroatoms. The first-order valence-electron chi connectivity index (χ1n) is 8.81. The molecule has 0 fully saturated rings. The number of hydrogen-bond donors (Lipinski definition) is 0. The van der Waals surface area contributed by atoms with Gasteiger partial charge in [0.1, 0.15) is 0 Å². The van der Waals surface area contributed by atoms with Crippen molar-refractivity contribution in [2.45, 2.75) is 63.7 Å². The molecule has 24 heavy (non-hydrogen) atoms. The van der Waals surface area contributed by atoms with Gasteiger partial charge in [0.05, 0.1) is 0 Å². The maximum absolute atomic E-state index is 3.10. The van der Waals surface area contributed by atoms with E-state index < -0.39 is 17.1 Å². The summed E-state index contributed by atoms with van der Waals surface area (Å²) in [5.74, 6) is 1.37. The van der Waals surface area contributed by atoms with Gasteiger partial charge in [-0.3, -0.25) is 0 Å². The number of rotatable bonds is 4. The van der Waals surface area contributed by atoms with Gasteiger partial charge in [-0.2, -0.15) is 0 Å². The van der Waals surface area contributed by atoms with Gasteiger partial charge in [-0.25, -0.2) is 0 Å². The smallest absolute Gasteiger partial charge is 0.147 e. The SMILES string of the molecule is CC1=[C]([Hf]([CH3])([CH3])(=[SiH2])[C]2=C(C)C=C(C(C)C)C2)CC(C(C)C)=C1.Cl.Cl. The minimum Gasteiger partial charge on any atom is -0.147 e. The van der Waals surface area contributed by atoms with E-state index in [2.05, 4.69) is 70.0 Å². The molecule has 0 aromatic rings. The molecular weight excluding hydrogens is 518 g/mol. The van der Waals surface area contributed by atoms with Gasteiger partial charge < -0.3 is 0 Å². The van der Waals surface area contributed by atoms with E-state index in [1.807, 2.05) is 6.66 Å². The van der Waals surface area contributed by atoms with Crippen molar-refractivity contribution in [1.29, 1.82) is 0 Å². The van der Waals surface area contributed by atoms with E-state index in [-0.39, 0.29) is 24.8 Å². The predicted octanol–water partition coefficient (Wildman–Crippen LogP) is 6.68. The van der Waals surface area contributed by atoms with Gasteiger partial charge in [-0.05, 0) is 0 Å². The maximum Gasteiger partial charge on any atom is -0.147 e. The summed E-state index contributed by atoms with van der Waals surface area (Å²) in [6, 6.07) is 0. The maximum atomic E-state index is 2.68. The minimum atomic E-state index is -3.10. The molecule has 0 saturated carbocycles. The average Bonchev–Trinajstić information content (AvgIpc) is 2.93. The summed E-state index contributed by atoms with van der Waals surface area (Å²) in [5, 5.41) is 0. The van der Waals surface area contributed by atoms with Crippen molar-refractivity contribution < 1.29 is 17.1 Å². The Hall–Kier alpha value is 0.627. The fraction of sp³-hybridized carbons (Fsp3) is 0.600. The molecule has 0 aromatic heterocycles. The van der Waals surface area contributed by atoms with Gasteiger partial charge >= 0.3 is 141 Å². The molecule has 0 spiro atoms. The fourth-order valence-corrected chi connectivity index (χ4v) is 27.3. The Morgan fingerprint density at radius 1 is 0.792 bits per heavy atom. The molecule has 2 aliphatic carbocycles. The van der Waals surface area contributed by atoms with Crippen molar-refractivity contribution in [3.05, 3.63) is 41.1 Å². The van der Waals surface area contributed by atoms with Crippen molar-refractivity contribution in [2.24, 2.45) is 11.8 Å². The number of allylic oxidation sites excluding steroid dienone is 8. The van der Waals surface area contributed by atoms with E-state index in [9.17, 15) is 0 Å². The molecule has 0 nitrogen and oxygen atoms in total. The van der Waals surface area contributed by atoms with Crippen molar-refractivity contribution in [2.75, 3.05) is 0 Å². The van der Waals surface area contributed by atoms with Crippen LogP contribution < -0.4 is 0 Å². The molecule has 2 aliphatic rings. The second-order valence-corrected chi connectivity index (χ2v) is 50.1. The van der Waals surface area contributed by atoms with Crippen LogP contribution in [0.15, 0.2) is 41.1 Å². The topological polar surface area (TPSA) is 0 Å². The molecule has 0 heterocycles. The monoisotopic (exact) mass is 554 g/mol. The van der Waals surface area contributed by atoms with Gasteiger partial charge in [0.25, 0.3) is 0 Å². The normalized spacial score (nSPS) is 18.8. The van der Waals surface area contributed by atoms with Crippen LogP contribution in [0.3, 0.4) is 0 Å². The molecule has 2 rings (SSSR count). The molecule has 0 saturated heterocycles. The summed E-state index contributed by atoms with van der Waals surface area (Å²) in [4.78, 5) is 0. The van der Waals surface area contributed by atoms with Crippen molar-refractivity contribution in [3.63, 3.8) is 0 Å². The van der Waals surface area contributed by atoms with Crippen LogP contribution in [0.1, 0.15) is 54.4 Å². The van der Waals surface area contributed by atoms with Crippen LogP contribution in [0.2, 0.25) is 9.36 Å². The molecule has 0 aliphatic heterocycles. The van der Waals surface area contributed by atoms with Gasteiger partial charge in [0.15, 0.2) is 0 Å². The summed E-state index contributed by atoms with van der Waals surface area (Å²) in [5.41, 5.74) is 6.49. The van der Waals surface area contributed by atoms with E-state index in [4.69, 9.17) is 0 Å². The third-order valence-electron chi connectivity index (χ3n) is 5.94. The van der Waals surface area contributed by atoms with Crippen LogP contribution >= 0.6 is 24.8 Å². The van der Waals surface area contributed by atoms with Crippen LogP contribution in [0.4, 0.5) is 0 Å². The quantitative estimate of drug-likeness (QED) is 0.341. The van der Waals surface area contributed by atoms with Crippen molar-refractivity contribution >= 4 is 31.8 Å². The molecule has 138 valence electrons. The molecular formula is C20H36Cl2HfSi. The number of hydrogen-bond acceptors (Lipinski definition) is 0. The first-order chi connectivity index (χ1) is 9.92. The predicted molar refractivity (Wildman–Crippen MR) is 115 cm³/mol. The van der Waals surface area contributed by atoms with Crippen LogP contribution in [0.25, 0.3) is 0 Å². The van der Waals surface area contributed by atoms with E-state index in [0.29, 0.717) is 11.8 Å². The van der Waals surface area contributed by atoms with Gasteiger partial charge in [0.2, 0.25) is 0 Å². The second-order valence-electron chi connectivity index (χ2n) is 9.11. The third kappa shape index (κ3) is 4.48. The number of halogens is 2. The van der Waals surface area contributed by atoms with Crippen LogP contribution in [-0.2, 0) is 17.1 Å². The Morgan fingerprint density at radius 2 is 1.08 bits per heavy atom. The minimum absolute atomic E-state index is 0. The molecule has 0 radical (unpaired) electrons. The zero-order chi connectivity index (χ0) is 16.9. The second kappa shape index (κ2) is 8.11. The Balaban J connectivity index is 0.00000264. The summed E-state index contributed by atoms with van der Waals surface area (Å²) >= 11 is -3.10. The summed E-state index contributed by atoms with van der Waals surface area (Å²) in [6.45, 7) is 16.5. The van der Waals surface area contributed by atoms with Crippen LogP contribution in [0.5, 0.6) is 0 Å².